The van der Waals surface area contributed by atoms with Crippen molar-refractivity contribution in [1.29, 1.82) is 0 Å². The minimum absolute atomic E-state index is 0.0531. The van der Waals surface area contributed by atoms with Crippen LogP contribution in [0.5, 0.6) is 0 Å². The first-order chi connectivity index (χ1) is 9.60. The molecule has 1 aliphatic carbocycles. The zero-order chi connectivity index (χ0) is 14.5. The summed E-state index contributed by atoms with van der Waals surface area (Å²) in [6, 6.07) is 0.522. The van der Waals surface area contributed by atoms with Gasteiger partial charge in [-0.15, -0.1) is 0 Å². The van der Waals surface area contributed by atoms with Crippen LogP contribution in [0.2, 0.25) is 0 Å². The summed E-state index contributed by atoms with van der Waals surface area (Å²) in [6.07, 6.45) is 4.93. The SMILES string of the molecule is CCOC(=O)N1CC(NC2CCCC2)CC(C(=O)O)C1. The largest absolute Gasteiger partial charge is 0.481 e. The number of carbonyl (C=O) groups excluding carboxylic acids is 1. The first-order valence-electron chi connectivity index (χ1n) is 7.50. The van der Waals surface area contributed by atoms with Crippen LogP contribution >= 0.6 is 0 Å². The number of hydrogen-bond donors (Lipinski definition) is 2. The van der Waals surface area contributed by atoms with E-state index < -0.39 is 18.0 Å². The van der Waals surface area contributed by atoms with Gasteiger partial charge >= 0.3 is 12.1 Å². The van der Waals surface area contributed by atoms with Gasteiger partial charge in [-0.2, -0.15) is 0 Å². The lowest BCUT2D eigenvalue weighted by Gasteiger charge is -2.37. The standard InChI is InChI=1S/C14H24N2O4/c1-2-20-14(19)16-8-10(13(17)18)7-12(9-16)15-11-5-3-4-6-11/h10-12,15H,2-9H2,1H3,(H,17,18). The molecule has 2 fully saturated rings. The summed E-state index contributed by atoms with van der Waals surface area (Å²) < 4.78 is 4.99. The van der Waals surface area contributed by atoms with E-state index in [0.717, 1.165) is 12.8 Å². The maximum Gasteiger partial charge on any atom is 0.409 e. The first-order valence-corrected chi connectivity index (χ1v) is 7.50. The number of nitrogens with one attached hydrogen (secondary N) is 1. The van der Waals surface area contributed by atoms with Crippen molar-refractivity contribution in [3.05, 3.63) is 0 Å². The average molecular weight is 284 g/mol. The zero-order valence-corrected chi connectivity index (χ0v) is 12.0. The van der Waals surface area contributed by atoms with Gasteiger partial charge in [-0.3, -0.25) is 4.79 Å². The summed E-state index contributed by atoms with van der Waals surface area (Å²) in [4.78, 5) is 24.6. The predicted octanol–water partition coefficient (Wildman–Crippen LogP) is 1.45. The van der Waals surface area contributed by atoms with Gasteiger partial charge in [-0.05, 0) is 26.2 Å². The summed E-state index contributed by atoms with van der Waals surface area (Å²) in [5, 5.41) is 12.8. The lowest BCUT2D eigenvalue weighted by molar-refractivity contribution is -0.143. The monoisotopic (exact) mass is 284 g/mol. The molecule has 2 unspecified atom stereocenters. The Morgan fingerprint density at radius 2 is 1.95 bits per heavy atom. The highest BCUT2D eigenvalue weighted by atomic mass is 16.6. The van der Waals surface area contributed by atoms with Gasteiger partial charge < -0.3 is 20.1 Å². The van der Waals surface area contributed by atoms with Crippen LogP contribution in [0.4, 0.5) is 4.79 Å². The van der Waals surface area contributed by atoms with Crippen LogP contribution < -0.4 is 5.32 Å². The second-order valence-electron chi connectivity index (χ2n) is 5.72. The topological polar surface area (TPSA) is 78.9 Å². The minimum atomic E-state index is -0.836. The van der Waals surface area contributed by atoms with Gasteiger partial charge in [-0.1, -0.05) is 12.8 Å². The van der Waals surface area contributed by atoms with Crippen LogP contribution in [0.3, 0.4) is 0 Å². The number of carbonyl (C=O) groups is 2. The lowest BCUT2D eigenvalue weighted by Crippen LogP contribution is -2.54. The van der Waals surface area contributed by atoms with Crippen LogP contribution in [-0.2, 0) is 9.53 Å². The van der Waals surface area contributed by atoms with Gasteiger partial charge in [0.25, 0.3) is 0 Å². The molecule has 0 radical (unpaired) electrons. The molecular weight excluding hydrogens is 260 g/mol. The molecule has 2 aliphatic rings. The molecule has 2 atom stereocenters. The Kier molecular flexibility index (Phi) is 5.23. The maximum absolute atomic E-state index is 11.8. The third-order valence-electron chi connectivity index (χ3n) is 4.15. The minimum Gasteiger partial charge on any atom is -0.481 e. The number of aliphatic carboxylic acids is 1. The summed E-state index contributed by atoms with van der Waals surface area (Å²) in [5.41, 5.74) is 0. The normalized spacial score (nSPS) is 27.6. The van der Waals surface area contributed by atoms with Crippen molar-refractivity contribution in [1.82, 2.24) is 10.2 Å². The summed E-state index contributed by atoms with van der Waals surface area (Å²) >= 11 is 0. The van der Waals surface area contributed by atoms with Crippen molar-refractivity contribution in [2.24, 2.45) is 5.92 Å². The molecule has 0 spiro atoms. The fourth-order valence-electron chi connectivity index (χ4n) is 3.19. The third kappa shape index (κ3) is 3.85. The number of amides is 1. The Morgan fingerprint density at radius 3 is 2.55 bits per heavy atom. The van der Waals surface area contributed by atoms with E-state index in [1.807, 2.05) is 0 Å². The Balaban J connectivity index is 1.96. The van der Waals surface area contributed by atoms with Crippen LogP contribution in [0.15, 0.2) is 0 Å². The van der Waals surface area contributed by atoms with Crippen molar-refractivity contribution in [3.8, 4) is 0 Å². The van der Waals surface area contributed by atoms with Crippen molar-refractivity contribution >= 4 is 12.1 Å². The molecule has 114 valence electrons. The Labute approximate surface area is 119 Å². The van der Waals surface area contributed by atoms with Gasteiger partial charge in [-0.25, -0.2) is 4.79 Å². The number of hydrogen-bond acceptors (Lipinski definition) is 4. The van der Waals surface area contributed by atoms with Crippen molar-refractivity contribution < 1.29 is 19.4 Å². The molecule has 1 aliphatic heterocycles. The van der Waals surface area contributed by atoms with Crippen molar-refractivity contribution in [2.45, 2.75) is 51.1 Å². The molecule has 1 heterocycles. The molecule has 1 amide bonds. The number of carboxylic acids is 1. The molecule has 6 heteroatoms. The fourth-order valence-corrected chi connectivity index (χ4v) is 3.19. The fraction of sp³-hybridized carbons (Fsp3) is 0.857. The summed E-state index contributed by atoms with van der Waals surface area (Å²) in [7, 11) is 0. The highest BCUT2D eigenvalue weighted by Crippen LogP contribution is 2.23. The van der Waals surface area contributed by atoms with E-state index in [4.69, 9.17) is 4.74 Å². The van der Waals surface area contributed by atoms with Gasteiger partial charge in [0.1, 0.15) is 0 Å². The highest BCUT2D eigenvalue weighted by Gasteiger charge is 2.35. The smallest absolute Gasteiger partial charge is 0.409 e. The molecule has 0 aromatic rings. The zero-order valence-electron chi connectivity index (χ0n) is 12.0. The van der Waals surface area contributed by atoms with Crippen molar-refractivity contribution in [3.63, 3.8) is 0 Å². The third-order valence-corrected chi connectivity index (χ3v) is 4.15. The molecule has 20 heavy (non-hydrogen) atoms. The van der Waals surface area contributed by atoms with Gasteiger partial charge in [0.15, 0.2) is 0 Å². The molecule has 0 bridgehead atoms. The molecule has 2 N–H and O–H groups in total. The second-order valence-corrected chi connectivity index (χ2v) is 5.72. The Morgan fingerprint density at radius 1 is 1.25 bits per heavy atom. The number of carboxylic acid groups (broad SMARTS) is 1. The summed E-state index contributed by atoms with van der Waals surface area (Å²) in [6.45, 7) is 2.86. The highest BCUT2D eigenvalue weighted by molar-refractivity contribution is 5.73. The van der Waals surface area contributed by atoms with Gasteiger partial charge in [0.2, 0.25) is 0 Å². The number of likely N-dealkylation sites (tertiary alicyclic amines) is 1. The van der Waals surface area contributed by atoms with E-state index in [2.05, 4.69) is 5.32 Å². The molecule has 1 saturated heterocycles. The molecule has 1 saturated carbocycles. The molecule has 2 rings (SSSR count). The Bertz CT molecular complexity index is 355. The number of ether oxygens (including phenoxy) is 1. The maximum atomic E-state index is 11.8. The average Bonchev–Trinajstić information content (AvgIpc) is 2.91. The van der Waals surface area contributed by atoms with Gasteiger partial charge in [0.05, 0.1) is 12.5 Å². The van der Waals surface area contributed by atoms with Crippen LogP contribution in [0.1, 0.15) is 39.0 Å². The molecule has 6 nitrogen and oxygen atoms in total. The van der Waals surface area contributed by atoms with E-state index in [-0.39, 0.29) is 12.6 Å². The number of rotatable bonds is 4. The van der Waals surface area contributed by atoms with Crippen molar-refractivity contribution in [2.75, 3.05) is 19.7 Å². The molecular formula is C14H24N2O4. The van der Waals surface area contributed by atoms with E-state index >= 15 is 0 Å². The first kappa shape index (κ1) is 15.1. The van der Waals surface area contributed by atoms with E-state index in [9.17, 15) is 14.7 Å². The van der Waals surface area contributed by atoms with Crippen LogP contribution in [0.25, 0.3) is 0 Å². The van der Waals surface area contributed by atoms with E-state index in [1.54, 1.807) is 6.92 Å². The van der Waals surface area contributed by atoms with Crippen LogP contribution in [0, 0.1) is 5.92 Å². The lowest BCUT2D eigenvalue weighted by atomic mass is 9.94. The predicted molar refractivity (Wildman–Crippen MR) is 73.5 cm³/mol. The Hall–Kier alpha value is -1.30. The quantitative estimate of drug-likeness (QED) is 0.817. The number of nitrogens with zero attached hydrogens (tertiary/aromatic N) is 1. The van der Waals surface area contributed by atoms with Gasteiger partial charge in [0, 0.05) is 25.2 Å². The molecule has 0 aromatic carbocycles. The van der Waals surface area contributed by atoms with Crippen LogP contribution in [-0.4, -0.2) is 53.8 Å². The van der Waals surface area contributed by atoms with E-state index in [1.165, 1.54) is 17.7 Å². The summed E-state index contributed by atoms with van der Waals surface area (Å²) in [5.74, 6) is -1.34. The second kappa shape index (κ2) is 6.92. The number of piperidine rings is 1. The molecule has 0 aromatic heterocycles. The van der Waals surface area contributed by atoms with E-state index in [0.29, 0.717) is 25.6 Å².